The van der Waals surface area contributed by atoms with Crippen molar-refractivity contribution in [2.24, 2.45) is 34.3 Å². The summed E-state index contributed by atoms with van der Waals surface area (Å²) < 4.78 is 0. The molecule has 0 bridgehead atoms. The molecule has 0 aliphatic heterocycles. The standard InChI is InChI=1S/C18H29NO2/c1-17(9-3-11-19)14-8-10-18(2)13(5-7-16(18)21)12(14)4-6-15(17)20/h12-14H,3-11,19H2,1-2H3. The van der Waals surface area contributed by atoms with Crippen molar-refractivity contribution >= 4 is 11.6 Å². The number of hydrogen-bond donors (Lipinski definition) is 1. The van der Waals surface area contributed by atoms with E-state index in [2.05, 4.69) is 13.8 Å². The van der Waals surface area contributed by atoms with Gasteiger partial charge in [-0.25, -0.2) is 0 Å². The van der Waals surface area contributed by atoms with Crippen LogP contribution < -0.4 is 5.73 Å². The normalized spacial score (nSPS) is 46.3. The van der Waals surface area contributed by atoms with Gasteiger partial charge in [-0.2, -0.15) is 0 Å². The van der Waals surface area contributed by atoms with Gasteiger partial charge in [-0.1, -0.05) is 13.8 Å². The molecule has 5 unspecified atom stereocenters. The van der Waals surface area contributed by atoms with E-state index < -0.39 is 0 Å². The lowest BCUT2D eigenvalue weighted by Crippen LogP contribution is -2.52. The van der Waals surface area contributed by atoms with Gasteiger partial charge in [0.2, 0.25) is 0 Å². The minimum Gasteiger partial charge on any atom is -0.330 e. The van der Waals surface area contributed by atoms with Crippen molar-refractivity contribution in [3.8, 4) is 0 Å². The molecule has 0 heterocycles. The molecule has 0 spiro atoms. The van der Waals surface area contributed by atoms with E-state index in [1.54, 1.807) is 0 Å². The predicted octanol–water partition coefficient (Wildman–Crippen LogP) is 3.11. The van der Waals surface area contributed by atoms with Crippen LogP contribution in [0.3, 0.4) is 0 Å². The van der Waals surface area contributed by atoms with Crippen LogP contribution in [-0.4, -0.2) is 18.1 Å². The highest BCUT2D eigenvalue weighted by Gasteiger charge is 2.59. The van der Waals surface area contributed by atoms with E-state index in [-0.39, 0.29) is 10.8 Å². The zero-order valence-electron chi connectivity index (χ0n) is 13.5. The molecular formula is C18H29NO2. The van der Waals surface area contributed by atoms with Crippen LogP contribution in [0.4, 0.5) is 0 Å². The van der Waals surface area contributed by atoms with Crippen LogP contribution in [0.25, 0.3) is 0 Å². The zero-order valence-corrected chi connectivity index (χ0v) is 13.5. The summed E-state index contributed by atoms with van der Waals surface area (Å²) in [5, 5.41) is 0. The molecule has 118 valence electrons. The molecule has 2 N–H and O–H groups in total. The highest BCUT2D eigenvalue weighted by Crippen LogP contribution is 2.61. The Bertz CT molecular complexity index is 460. The van der Waals surface area contributed by atoms with Crippen molar-refractivity contribution in [2.75, 3.05) is 6.54 Å². The number of carbonyl (C=O) groups is 2. The molecule has 3 fully saturated rings. The highest BCUT2D eigenvalue weighted by atomic mass is 16.1. The lowest BCUT2D eigenvalue weighted by atomic mass is 9.49. The molecule has 0 aromatic rings. The van der Waals surface area contributed by atoms with Crippen molar-refractivity contribution in [3.05, 3.63) is 0 Å². The summed E-state index contributed by atoms with van der Waals surface area (Å²) in [6.45, 7) is 5.04. The summed E-state index contributed by atoms with van der Waals surface area (Å²) in [5.41, 5.74) is 5.41. The number of hydrogen-bond acceptors (Lipinski definition) is 3. The van der Waals surface area contributed by atoms with Crippen LogP contribution in [0.15, 0.2) is 0 Å². The molecule has 0 saturated heterocycles. The molecule has 3 aliphatic carbocycles. The number of carbonyl (C=O) groups excluding carboxylic acids is 2. The number of fused-ring (bicyclic) bond motifs is 3. The maximum Gasteiger partial charge on any atom is 0.139 e. The predicted molar refractivity (Wildman–Crippen MR) is 82.7 cm³/mol. The SMILES string of the molecule is CC1(CCCN)C(=O)CCC2C1CCC1(C)C(=O)CCC21. The molecule has 3 aliphatic rings. The molecule has 3 saturated carbocycles. The fraction of sp³-hybridized carbons (Fsp3) is 0.889. The van der Waals surface area contributed by atoms with Gasteiger partial charge in [0.25, 0.3) is 0 Å². The van der Waals surface area contributed by atoms with Crippen LogP contribution >= 0.6 is 0 Å². The lowest BCUT2D eigenvalue weighted by molar-refractivity contribution is -0.147. The van der Waals surface area contributed by atoms with E-state index in [0.29, 0.717) is 42.3 Å². The molecule has 0 amide bonds. The molecule has 3 heteroatoms. The summed E-state index contributed by atoms with van der Waals surface area (Å²) in [6, 6.07) is 0. The zero-order chi connectivity index (χ0) is 15.3. The number of nitrogens with two attached hydrogens (primary N) is 1. The van der Waals surface area contributed by atoms with Gasteiger partial charge >= 0.3 is 0 Å². The van der Waals surface area contributed by atoms with Gasteiger partial charge in [-0.05, 0) is 62.8 Å². The van der Waals surface area contributed by atoms with Crippen molar-refractivity contribution < 1.29 is 9.59 Å². The van der Waals surface area contributed by atoms with Gasteiger partial charge in [0.15, 0.2) is 0 Å². The number of Topliss-reactive ketones (excluding diaryl/α,β-unsaturated/α-hetero) is 2. The smallest absolute Gasteiger partial charge is 0.139 e. The average Bonchev–Trinajstić information content (AvgIpc) is 2.77. The van der Waals surface area contributed by atoms with E-state index in [1.807, 2.05) is 0 Å². The molecule has 0 aromatic heterocycles. The molecule has 5 atom stereocenters. The first kappa shape index (κ1) is 15.2. The average molecular weight is 291 g/mol. The number of ketones is 2. The first-order chi connectivity index (χ1) is 9.93. The second-order valence-electron chi connectivity index (χ2n) is 8.07. The summed E-state index contributed by atoms with van der Waals surface area (Å²) >= 11 is 0. The molecule has 3 rings (SSSR count). The lowest BCUT2D eigenvalue weighted by Gasteiger charge is -2.54. The third-order valence-corrected chi connectivity index (χ3v) is 7.21. The van der Waals surface area contributed by atoms with Crippen LogP contribution in [0.5, 0.6) is 0 Å². The Labute approximate surface area is 128 Å². The van der Waals surface area contributed by atoms with Crippen molar-refractivity contribution in [2.45, 2.75) is 65.2 Å². The summed E-state index contributed by atoms with van der Waals surface area (Å²) in [7, 11) is 0. The maximum absolute atomic E-state index is 12.6. The van der Waals surface area contributed by atoms with E-state index in [1.165, 1.54) is 0 Å². The van der Waals surface area contributed by atoms with Crippen molar-refractivity contribution in [1.29, 1.82) is 0 Å². The number of rotatable bonds is 3. The second kappa shape index (κ2) is 5.19. The summed E-state index contributed by atoms with van der Waals surface area (Å²) in [4.78, 5) is 24.9. The Morgan fingerprint density at radius 2 is 1.76 bits per heavy atom. The van der Waals surface area contributed by atoms with Crippen molar-refractivity contribution in [1.82, 2.24) is 0 Å². The van der Waals surface area contributed by atoms with E-state index in [0.717, 1.165) is 44.9 Å². The van der Waals surface area contributed by atoms with Gasteiger partial charge < -0.3 is 5.73 Å². The van der Waals surface area contributed by atoms with Crippen LogP contribution in [-0.2, 0) is 9.59 Å². The van der Waals surface area contributed by atoms with Gasteiger partial charge in [0.1, 0.15) is 11.6 Å². The molecule has 0 aromatic carbocycles. The Morgan fingerprint density at radius 1 is 1.05 bits per heavy atom. The first-order valence-electron chi connectivity index (χ1n) is 8.70. The van der Waals surface area contributed by atoms with Crippen LogP contribution in [0, 0.1) is 28.6 Å². The van der Waals surface area contributed by atoms with Gasteiger partial charge in [-0.3, -0.25) is 9.59 Å². The Hall–Kier alpha value is -0.700. The molecule has 0 radical (unpaired) electrons. The molecule has 3 nitrogen and oxygen atoms in total. The summed E-state index contributed by atoms with van der Waals surface area (Å²) in [6.07, 6.45) is 7.44. The fourth-order valence-corrected chi connectivity index (χ4v) is 5.84. The minimum absolute atomic E-state index is 0.0870. The van der Waals surface area contributed by atoms with Crippen LogP contribution in [0.1, 0.15) is 65.2 Å². The third-order valence-electron chi connectivity index (χ3n) is 7.21. The fourth-order valence-electron chi connectivity index (χ4n) is 5.84. The monoisotopic (exact) mass is 291 g/mol. The first-order valence-corrected chi connectivity index (χ1v) is 8.70. The largest absolute Gasteiger partial charge is 0.330 e. The molecule has 21 heavy (non-hydrogen) atoms. The Morgan fingerprint density at radius 3 is 2.48 bits per heavy atom. The van der Waals surface area contributed by atoms with Gasteiger partial charge in [0.05, 0.1) is 0 Å². The third kappa shape index (κ3) is 2.11. The van der Waals surface area contributed by atoms with Crippen molar-refractivity contribution in [3.63, 3.8) is 0 Å². The molecular weight excluding hydrogens is 262 g/mol. The van der Waals surface area contributed by atoms with Crippen LogP contribution in [0.2, 0.25) is 0 Å². The highest BCUT2D eigenvalue weighted by molar-refractivity contribution is 5.88. The quantitative estimate of drug-likeness (QED) is 0.869. The Balaban J connectivity index is 1.88. The van der Waals surface area contributed by atoms with E-state index in [9.17, 15) is 9.59 Å². The topological polar surface area (TPSA) is 60.2 Å². The summed E-state index contributed by atoms with van der Waals surface area (Å²) in [5.74, 6) is 2.51. The maximum atomic E-state index is 12.6. The minimum atomic E-state index is -0.185. The second-order valence-corrected chi connectivity index (χ2v) is 8.07. The Kier molecular flexibility index (Phi) is 3.76. The van der Waals surface area contributed by atoms with Gasteiger partial charge in [0, 0.05) is 23.7 Å². The van der Waals surface area contributed by atoms with E-state index in [4.69, 9.17) is 5.73 Å². The van der Waals surface area contributed by atoms with E-state index >= 15 is 0 Å². The van der Waals surface area contributed by atoms with Gasteiger partial charge in [-0.15, -0.1) is 0 Å².